The van der Waals surface area contributed by atoms with E-state index in [1.54, 1.807) is 19.9 Å². The molecule has 0 aliphatic heterocycles. The minimum absolute atomic E-state index is 0.573. The maximum absolute atomic E-state index is 11.0. The maximum atomic E-state index is 11.0. The Labute approximate surface area is 83.8 Å². The van der Waals surface area contributed by atoms with Gasteiger partial charge in [-0.3, -0.25) is 9.78 Å². The van der Waals surface area contributed by atoms with Gasteiger partial charge in [-0.1, -0.05) is 6.07 Å². The third kappa shape index (κ3) is 1.92. The summed E-state index contributed by atoms with van der Waals surface area (Å²) in [7, 11) is 0. The summed E-state index contributed by atoms with van der Waals surface area (Å²) in [6.45, 7) is 7.00. The SMILES string of the molecule is [CH2]Cc1cccc(C(C)(C)C(=O)O)n1. The van der Waals surface area contributed by atoms with Gasteiger partial charge in [0.05, 0.1) is 5.69 Å². The Hall–Kier alpha value is -1.38. The zero-order chi connectivity index (χ0) is 10.8. The highest BCUT2D eigenvalue weighted by molar-refractivity contribution is 5.79. The summed E-state index contributed by atoms with van der Waals surface area (Å²) >= 11 is 0. The molecule has 1 heterocycles. The van der Waals surface area contributed by atoms with Crippen LogP contribution in [0.2, 0.25) is 0 Å². The fourth-order valence-corrected chi connectivity index (χ4v) is 1.08. The molecule has 1 radical (unpaired) electrons. The van der Waals surface area contributed by atoms with E-state index in [9.17, 15) is 4.79 Å². The molecule has 0 aliphatic carbocycles. The summed E-state index contributed by atoms with van der Waals surface area (Å²) in [4.78, 5) is 15.2. The highest BCUT2D eigenvalue weighted by Gasteiger charge is 2.30. The number of carboxylic acid groups (broad SMARTS) is 1. The molecule has 14 heavy (non-hydrogen) atoms. The molecule has 0 spiro atoms. The minimum atomic E-state index is -0.939. The summed E-state index contributed by atoms with van der Waals surface area (Å²) in [5.74, 6) is -0.869. The van der Waals surface area contributed by atoms with Gasteiger partial charge in [-0.05, 0) is 39.3 Å². The van der Waals surface area contributed by atoms with Gasteiger partial charge < -0.3 is 5.11 Å². The summed E-state index contributed by atoms with van der Waals surface area (Å²) in [5.41, 5.74) is 0.452. The van der Waals surface area contributed by atoms with Crippen molar-refractivity contribution in [2.75, 3.05) is 0 Å². The van der Waals surface area contributed by atoms with E-state index in [0.717, 1.165) is 5.69 Å². The number of aromatic nitrogens is 1. The van der Waals surface area contributed by atoms with Crippen molar-refractivity contribution in [1.29, 1.82) is 0 Å². The van der Waals surface area contributed by atoms with Gasteiger partial charge in [0.2, 0.25) is 0 Å². The summed E-state index contributed by atoms with van der Waals surface area (Å²) in [6, 6.07) is 5.38. The van der Waals surface area contributed by atoms with Crippen molar-refractivity contribution in [3.05, 3.63) is 36.5 Å². The number of aliphatic carboxylic acids is 1. The first-order chi connectivity index (χ1) is 6.48. The molecule has 0 amide bonds. The monoisotopic (exact) mass is 192 g/mol. The predicted molar refractivity (Wildman–Crippen MR) is 54.0 cm³/mol. The predicted octanol–water partition coefficient (Wildman–Crippen LogP) is 1.82. The van der Waals surface area contributed by atoms with Gasteiger partial charge >= 0.3 is 5.97 Å². The molecule has 1 aromatic rings. The summed E-state index contributed by atoms with van der Waals surface area (Å²) in [5, 5.41) is 9.00. The summed E-state index contributed by atoms with van der Waals surface area (Å²) in [6.07, 6.45) is 0.573. The second-order valence-electron chi connectivity index (χ2n) is 3.69. The number of nitrogens with zero attached hydrogens (tertiary/aromatic N) is 1. The van der Waals surface area contributed by atoms with Gasteiger partial charge in [0.15, 0.2) is 0 Å². The van der Waals surface area contributed by atoms with Crippen LogP contribution in [0, 0.1) is 6.92 Å². The van der Waals surface area contributed by atoms with E-state index in [0.29, 0.717) is 12.1 Å². The van der Waals surface area contributed by atoms with Crippen molar-refractivity contribution in [2.45, 2.75) is 25.7 Å². The van der Waals surface area contributed by atoms with Gasteiger partial charge in [-0.15, -0.1) is 0 Å². The van der Waals surface area contributed by atoms with Crippen LogP contribution in [0.4, 0.5) is 0 Å². The number of hydrogen-bond acceptors (Lipinski definition) is 2. The molecule has 3 nitrogen and oxygen atoms in total. The Morgan fingerprint density at radius 2 is 2.21 bits per heavy atom. The van der Waals surface area contributed by atoms with Gasteiger partial charge in [0.25, 0.3) is 0 Å². The fraction of sp³-hybridized carbons (Fsp3) is 0.364. The molecule has 75 valence electrons. The second-order valence-corrected chi connectivity index (χ2v) is 3.69. The van der Waals surface area contributed by atoms with Crippen molar-refractivity contribution in [1.82, 2.24) is 4.98 Å². The van der Waals surface area contributed by atoms with Crippen LogP contribution in [0.5, 0.6) is 0 Å². The van der Waals surface area contributed by atoms with E-state index in [4.69, 9.17) is 5.11 Å². The third-order valence-corrected chi connectivity index (χ3v) is 2.24. The lowest BCUT2D eigenvalue weighted by Crippen LogP contribution is -2.29. The minimum Gasteiger partial charge on any atom is -0.481 e. The van der Waals surface area contributed by atoms with Gasteiger partial charge in [-0.2, -0.15) is 0 Å². The van der Waals surface area contributed by atoms with Crippen LogP contribution in [0.15, 0.2) is 18.2 Å². The highest BCUT2D eigenvalue weighted by Crippen LogP contribution is 2.21. The van der Waals surface area contributed by atoms with Crippen LogP contribution in [0.3, 0.4) is 0 Å². The van der Waals surface area contributed by atoms with Crippen LogP contribution in [-0.2, 0) is 16.6 Å². The van der Waals surface area contributed by atoms with Crippen molar-refractivity contribution < 1.29 is 9.90 Å². The van der Waals surface area contributed by atoms with E-state index in [-0.39, 0.29) is 0 Å². The Morgan fingerprint density at radius 3 is 2.71 bits per heavy atom. The quantitative estimate of drug-likeness (QED) is 0.794. The average Bonchev–Trinajstić information content (AvgIpc) is 2.17. The Morgan fingerprint density at radius 1 is 1.57 bits per heavy atom. The van der Waals surface area contributed by atoms with E-state index in [1.807, 2.05) is 12.1 Å². The lowest BCUT2D eigenvalue weighted by Gasteiger charge is -2.18. The topological polar surface area (TPSA) is 50.2 Å². The lowest BCUT2D eigenvalue weighted by molar-refractivity contribution is -0.142. The third-order valence-electron chi connectivity index (χ3n) is 2.24. The molecule has 3 heteroatoms. The van der Waals surface area contributed by atoms with Crippen LogP contribution in [-0.4, -0.2) is 16.1 Å². The first kappa shape index (κ1) is 10.7. The van der Waals surface area contributed by atoms with Crippen LogP contribution in [0.1, 0.15) is 25.2 Å². The fourth-order valence-electron chi connectivity index (χ4n) is 1.08. The van der Waals surface area contributed by atoms with Crippen molar-refractivity contribution in [2.24, 2.45) is 0 Å². The van der Waals surface area contributed by atoms with Crippen LogP contribution >= 0.6 is 0 Å². The molecule has 0 bridgehead atoms. The first-order valence-electron chi connectivity index (χ1n) is 4.47. The molecule has 1 aromatic heterocycles. The summed E-state index contributed by atoms with van der Waals surface area (Å²) < 4.78 is 0. The standard InChI is InChI=1S/C11H14NO2/c1-4-8-6-5-7-9(12-8)11(2,3)10(13)14/h5-7H,1,4H2,2-3H3,(H,13,14). The molecule has 1 N–H and O–H groups in total. The Kier molecular flexibility index (Phi) is 2.89. The highest BCUT2D eigenvalue weighted by atomic mass is 16.4. The number of pyridine rings is 1. The first-order valence-corrected chi connectivity index (χ1v) is 4.47. The van der Waals surface area contributed by atoms with E-state index >= 15 is 0 Å². The largest absolute Gasteiger partial charge is 0.481 e. The molecule has 0 fully saturated rings. The number of hydrogen-bond donors (Lipinski definition) is 1. The Bertz CT molecular complexity index is 345. The zero-order valence-corrected chi connectivity index (χ0v) is 8.45. The van der Waals surface area contributed by atoms with Gasteiger partial charge in [0, 0.05) is 5.69 Å². The number of carbonyl (C=O) groups is 1. The molecule has 0 unspecified atom stereocenters. The Balaban J connectivity index is 3.12. The zero-order valence-electron chi connectivity index (χ0n) is 8.45. The van der Waals surface area contributed by atoms with Gasteiger partial charge in [-0.25, -0.2) is 0 Å². The molecule has 0 saturated carbocycles. The maximum Gasteiger partial charge on any atom is 0.315 e. The molecular formula is C11H14NO2. The van der Waals surface area contributed by atoms with E-state index in [1.165, 1.54) is 0 Å². The normalized spacial score (nSPS) is 11.4. The van der Waals surface area contributed by atoms with Crippen molar-refractivity contribution in [3.63, 3.8) is 0 Å². The molecule has 1 rings (SSSR count). The van der Waals surface area contributed by atoms with Crippen molar-refractivity contribution in [3.8, 4) is 0 Å². The average molecular weight is 192 g/mol. The second kappa shape index (κ2) is 3.78. The number of carboxylic acids is 1. The molecular weight excluding hydrogens is 178 g/mol. The lowest BCUT2D eigenvalue weighted by atomic mass is 9.89. The molecule has 0 aromatic carbocycles. The van der Waals surface area contributed by atoms with Crippen LogP contribution in [0.25, 0.3) is 0 Å². The van der Waals surface area contributed by atoms with Gasteiger partial charge in [0.1, 0.15) is 5.41 Å². The molecule has 0 atom stereocenters. The van der Waals surface area contributed by atoms with E-state index < -0.39 is 11.4 Å². The van der Waals surface area contributed by atoms with Crippen LogP contribution < -0.4 is 0 Å². The molecule has 0 saturated heterocycles. The molecule has 0 aliphatic rings. The smallest absolute Gasteiger partial charge is 0.315 e. The number of rotatable bonds is 3. The van der Waals surface area contributed by atoms with Crippen molar-refractivity contribution >= 4 is 5.97 Å². The van der Waals surface area contributed by atoms with E-state index in [2.05, 4.69) is 11.9 Å².